The first-order valence-electron chi connectivity index (χ1n) is 9.84. The number of hydrogen-bond acceptors (Lipinski definition) is 8. The van der Waals surface area contributed by atoms with E-state index in [1.54, 1.807) is 18.4 Å². The van der Waals surface area contributed by atoms with Gasteiger partial charge in [0.1, 0.15) is 23.9 Å². The lowest BCUT2D eigenvalue weighted by Gasteiger charge is -2.12. The van der Waals surface area contributed by atoms with Crippen LogP contribution in [0.25, 0.3) is 28.5 Å². The zero-order chi connectivity index (χ0) is 23.8. The first-order valence-corrected chi connectivity index (χ1v) is 12.3. The summed E-state index contributed by atoms with van der Waals surface area (Å²) in [5.41, 5.74) is -3.87. The summed E-state index contributed by atoms with van der Waals surface area (Å²) in [6.07, 6.45) is 4.24. The fourth-order valence-electron chi connectivity index (χ4n) is 3.34. The molecule has 0 aromatic carbocycles. The van der Waals surface area contributed by atoms with Crippen LogP contribution >= 0.6 is 11.8 Å². The van der Waals surface area contributed by atoms with Crippen LogP contribution in [0.5, 0.6) is 0 Å². The summed E-state index contributed by atoms with van der Waals surface area (Å²) in [4.78, 5) is 16.8. The van der Waals surface area contributed by atoms with Gasteiger partial charge in [0.2, 0.25) is 0 Å². The van der Waals surface area contributed by atoms with Crippen molar-refractivity contribution in [2.45, 2.75) is 42.1 Å². The Morgan fingerprint density at radius 2 is 1.94 bits per heavy atom. The van der Waals surface area contributed by atoms with E-state index in [1.165, 1.54) is 35.5 Å². The molecule has 174 valence electrons. The van der Waals surface area contributed by atoms with Gasteiger partial charge in [-0.15, -0.1) is 0 Å². The van der Waals surface area contributed by atoms with Gasteiger partial charge in [0.15, 0.2) is 27.1 Å². The van der Waals surface area contributed by atoms with Crippen LogP contribution < -0.4 is 0 Å². The molecule has 33 heavy (non-hydrogen) atoms. The van der Waals surface area contributed by atoms with E-state index in [0.717, 1.165) is 6.20 Å². The van der Waals surface area contributed by atoms with E-state index in [-0.39, 0.29) is 44.3 Å². The molecule has 0 bridgehead atoms. The van der Waals surface area contributed by atoms with Crippen LogP contribution in [0, 0.1) is 0 Å². The molecule has 0 spiro atoms. The summed E-state index contributed by atoms with van der Waals surface area (Å²) in [6, 6.07) is 4.22. The molecule has 0 amide bonds. The predicted octanol–water partition coefficient (Wildman–Crippen LogP) is 3.89. The second kappa shape index (κ2) is 8.74. The molecule has 0 N–H and O–H groups in total. The van der Waals surface area contributed by atoms with Gasteiger partial charge >= 0.3 is 5.51 Å². The molecule has 0 aliphatic carbocycles. The highest BCUT2D eigenvalue weighted by Gasteiger charge is 2.30. The summed E-state index contributed by atoms with van der Waals surface area (Å²) in [7, 11) is -3.70. The van der Waals surface area contributed by atoms with Gasteiger partial charge in [-0.25, -0.2) is 33.0 Å². The number of fused-ring (bicyclic) bond motifs is 1. The second-order valence-electron chi connectivity index (χ2n) is 6.92. The minimum Gasteiger partial charge on any atom is -0.308 e. The lowest BCUT2D eigenvalue weighted by atomic mass is 10.3. The minimum atomic E-state index is -4.47. The molecular formula is C19H18F3N7O2S2. The highest BCUT2D eigenvalue weighted by atomic mass is 32.2. The van der Waals surface area contributed by atoms with Gasteiger partial charge < -0.3 is 4.57 Å². The third-order valence-electron chi connectivity index (χ3n) is 4.63. The van der Waals surface area contributed by atoms with Crippen molar-refractivity contribution >= 4 is 32.8 Å². The zero-order valence-electron chi connectivity index (χ0n) is 17.5. The van der Waals surface area contributed by atoms with E-state index >= 15 is 0 Å². The van der Waals surface area contributed by atoms with Gasteiger partial charge in [-0.2, -0.15) is 18.3 Å². The van der Waals surface area contributed by atoms with Crippen molar-refractivity contribution < 1.29 is 21.6 Å². The number of aryl methyl sites for hydroxylation is 1. The highest BCUT2D eigenvalue weighted by molar-refractivity contribution is 8.00. The number of imidazole rings is 1. The average molecular weight is 498 g/mol. The van der Waals surface area contributed by atoms with E-state index in [2.05, 4.69) is 25.0 Å². The largest absolute Gasteiger partial charge is 0.446 e. The summed E-state index contributed by atoms with van der Waals surface area (Å²) in [5.74, 6) is 0.404. The van der Waals surface area contributed by atoms with Crippen LogP contribution in [0.3, 0.4) is 0 Å². The monoisotopic (exact) mass is 497 g/mol. The normalized spacial score (nSPS) is 12.5. The maximum Gasteiger partial charge on any atom is 0.446 e. The molecule has 0 saturated heterocycles. The van der Waals surface area contributed by atoms with Crippen molar-refractivity contribution in [3.8, 4) is 17.3 Å². The molecule has 0 aliphatic rings. The van der Waals surface area contributed by atoms with E-state index < -0.39 is 15.3 Å². The quantitative estimate of drug-likeness (QED) is 0.354. The van der Waals surface area contributed by atoms with Gasteiger partial charge in [0, 0.05) is 17.6 Å². The first-order chi connectivity index (χ1) is 15.6. The first kappa shape index (κ1) is 23.2. The summed E-state index contributed by atoms with van der Waals surface area (Å²) in [6.45, 7) is 3.89. The standard InChI is InChI=1S/C19H18F3N7O2S2/c1-3-7-33(30,31)14-5-6-15(29-11-23-10-25-29)27-16(14)18-26-13-8-12(32-19(20,21)22)9-24-17(13)28(18)4-2/h5-6,8-11H,3-4,7H2,1-2H3. The molecule has 0 aliphatic heterocycles. The van der Waals surface area contributed by atoms with E-state index in [0.29, 0.717) is 24.4 Å². The molecule has 0 atom stereocenters. The molecule has 4 aromatic heterocycles. The smallest absolute Gasteiger partial charge is 0.308 e. The topological polar surface area (TPSA) is 108 Å². The SMILES string of the molecule is CCCS(=O)(=O)c1ccc(-n2cncn2)nc1-c1nc2cc(SC(F)(F)F)cnc2n1CC. The Morgan fingerprint density at radius 1 is 1.15 bits per heavy atom. The third kappa shape index (κ3) is 4.71. The molecule has 0 radical (unpaired) electrons. The Balaban J connectivity index is 1.95. The second-order valence-corrected chi connectivity index (χ2v) is 10.1. The lowest BCUT2D eigenvalue weighted by Crippen LogP contribution is -2.12. The summed E-state index contributed by atoms with van der Waals surface area (Å²) in [5, 5.41) is 4.03. The maximum absolute atomic E-state index is 13.0. The Bertz CT molecular complexity index is 1400. The van der Waals surface area contributed by atoms with Crippen LogP contribution in [-0.4, -0.2) is 54.0 Å². The molecule has 0 saturated carbocycles. The fraction of sp³-hybridized carbons (Fsp3) is 0.316. The van der Waals surface area contributed by atoms with Crippen LogP contribution in [-0.2, 0) is 16.4 Å². The van der Waals surface area contributed by atoms with Crippen molar-refractivity contribution in [3.63, 3.8) is 0 Å². The highest BCUT2D eigenvalue weighted by Crippen LogP contribution is 2.38. The maximum atomic E-state index is 13.0. The molecule has 4 rings (SSSR count). The van der Waals surface area contributed by atoms with Crippen molar-refractivity contribution in [3.05, 3.63) is 37.1 Å². The van der Waals surface area contributed by atoms with Crippen LogP contribution in [0.1, 0.15) is 20.3 Å². The number of hydrogen-bond donors (Lipinski definition) is 0. The number of thioether (sulfide) groups is 1. The minimum absolute atomic E-state index is 0.0249. The van der Waals surface area contributed by atoms with Crippen molar-refractivity contribution in [1.29, 1.82) is 0 Å². The number of nitrogens with zero attached hydrogens (tertiary/aromatic N) is 7. The van der Waals surface area contributed by atoms with Gasteiger partial charge in [0.25, 0.3) is 0 Å². The number of pyridine rings is 2. The lowest BCUT2D eigenvalue weighted by molar-refractivity contribution is -0.0328. The number of halogens is 3. The van der Waals surface area contributed by atoms with Gasteiger partial charge in [-0.05, 0) is 43.3 Å². The Kier molecular flexibility index (Phi) is 6.14. The number of alkyl halides is 3. The Morgan fingerprint density at radius 3 is 2.58 bits per heavy atom. The summed E-state index contributed by atoms with van der Waals surface area (Å²) < 4.78 is 67.4. The van der Waals surface area contributed by atoms with Crippen molar-refractivity contribution in [1.82, 2.24) is 34.3 Å². The Labute approximate surface area is 191 Å². The average Bonchev–Trinajstić information content (AvgIpc) is 3.39. The van der Waals surface area contributed by atoms with Crippen molar-refractivity contribution in [2.24, 2.45) is 0 Å². The van der Waals surface area contributed by atoms with Gasteiger partial charge in [-0.1, -0.05) is 6.92 Å². The van der Waals surface area contributed by atoms with Crippen LogP contribution in [0.15, 0.2) is 46.8 Å². The molecule has 4 aromatic rings. The van der Waals surface area contributed by atoms with E-state index in [9.17, 15) is 21.6 Å². The Hall–Kier alpha value is -3.00. The summed E-state index contributed by atoms with van der Waals surface area (Å²) >= 11 is -0.293. The van der Waals surface area contributed by atoms with Crippen LogP contribution in [0.2, 0.25) is 0 Å². The molecule has 9 nitrogen and oxygen atoms in total. The number of rotatable bonds is 7. The molecular weight excluding hydrogens is 479 g/mol. The predicted molar refractivity (Wildman–Crippen MR) is 116 cm³/mol. The van der Waals surface area contributed by atoms with Crippen LogP contribution in [0.4, 0.5) is 13.2 Å². The number of aromatic nitrogens is 7. The van der Waals surface area contributed by atoms with Crippen molar-refractivity contribution in [2.75, 3.05) is 5.75 Å². The molecule has 14 heteroatoms. The zero-order valence-corrected chi connectivity index (χ0v) is 19.1. The molecule has 0 fully saturated rings. The fourth-order valence-corrected chi connectivity index (χ4v) is 5.35. The van der Waals surface area contributed by atoms with E-state index in [4.69, 9.17) is 0 Å². The van der Waals surface area contributed by atoms with Gasteiger partial charge in [-0.3, -0.25) is 0 Å². The number of sulfone groups is 1. The third-order valence-corrected chi connectivity index (χ3v) is 7.26. The van der Waals surface area contributed by atoms with E-state index in [1.807, 2.05) is 0 Å². The van der Waals surface area contributed by atoms with Gasteiger partial charge in [0.05, 0.1) is 10.6 Å². The molecule has 4 heterocycles. The molecule has 0 unspecified atom stereocenters.